The highest BCUT2D eigenvalue weighted by Gasteiger charge is 2.41. The molecule has 1 aliphatic rings. The fraction of sp³-hybridized carbons (Fsp3) is 0.533. The van der Waals surface area contributed by atoms with Crippen molar-refractivity contribution in [3.63, 3.8) is 0 Å². The zero-order chi connectivity index (χ0) is 14.2. The van der Waals surface area contributed by atoms with Gasteiger partial charge in [-0.2, -0.15) is 0 Å². The summed E-state index contributed by atoms with van der Waals surface area (Å²) in [5, 5.41) is 2.96. The van der Waals surface area contributed by atoms with Gasteiger partial charge in [-0.05, 0) is 38.3 Å². The van der Waals surface area contributed by atoms with E-state index in [1.165, 1.54) is 0 Å². The van der Waals surface area contributed by atoms with Crippen LogP contribution < -0.4 is 11.1 Å². The van der Waals surface area contributed by atoms with Crippen LogP contribution in [0.2, 0.25) is 0 Å². The number of anilines is 2. The SMILES string of the molecule is Cc1cccc(N)c1NC(=O)C1C(C)OC(C)C1C. The smallest absolute Gasteiger partial charge is 0.230 e. The largest absolute Gasteiger partial charge is 0.397 e. The first-order valence-electron chi connectivity index (χ1n) is 6.73. The van der Waals surface area contributed by atoms with E-state index in [-0.39, 0.29) is 30.0 Å². The number of hydrogen-bond acceptors (Lipinski definition) is 3. The van der Waals surface area contributed by atoms with Crippen LogP contribution >= 0.6 is 0 Å². The fourth-order valence-corrected chi connectivity index (χ4v) is 2.79. The summed E-state index contributed by atoms with van der Waals surface area (Å²) in [7, 11) is 0. The van der Waals surface area contributed by atoms with Crippen LogP contribution in [0.5, 0.6) is 0 Å². The van der Waals surface area contributed by atoms with Gasteiger partial charge in [0.2, 0.25) is 5.91 Å². The maximum atomic E-state index is 12.4. The Morgan fingerprint density at radius 3 is 2.47 bits per heavy atom. The molecule has 4 unspecified atom stereocenters. The first-order chi connectivity index (χ1) is 8.91. The van der Waals surface area contributed by atoms with Crippen molar-refractivity contribution in [1.82, 2.24) is 0 Å². The molecule has 1 aliphatic heterocycles. The van der Waals surface area contributed by atoms with Gasteiger partial charge in [-0.25, -0.2) is 0 Å². The van der Waals surface area contributed by atoms with Gasteiger partial charge in [0, 0.05) is 0 Å². The molecule has 19 heavy (non-hydrogen) atoms. The number of nitrogens with two attached hydrogens (primary N) is 1. The first kappa shape index (κ1) is 13.9. The molecule has 1 saturated heterocycles. The van der Waals surface area contributed by atoms with Gasteiger partial charge in [-0.1, -0.05) is 19.1 Å². The van der Waals surface area contributed by atoms with E-state index >= 15 is 0 Å². The van der Waals surface area contributed by atoms with Crippen molar-refractivity contribution in [2.24, 2.45) is 11.8 Å². The van der Waals surface area contributed by atoms with Gasteiger partial charge >= 0.3 is 0 Å². The molecule has 4 nitrogen and oxygen atoms in total. The first-order valence-corrected chi connectivity index (χ1v) is 6.73. The molecule has 0 radical (unpaired) electrons. The second-order valence-electron chi connectivity index (χ2n) is 5.46. The average molecular weight is 262 g/mol. The van der Waals surface area contributed by atoms with Crippen molar-refractivity contribution in [3.8, 4) is 0 Å². The standard InChI is InChI=1S/C15H22N2O2/c1-8-6-5-7-12(16)14(8)17-15(18)13-9(2)10(3)19-11(13)4/h5-7,9-11,13H,16H2,1-4H3,(H,17,18). The quantitative estimate of drug-likeness (QED) is 0.805. The molecule has 1 aromatic rings. The van der Waals surface area contributed by atoms with Crippen molar-refractivity contribution in [2.45, 2.75) is 39.9 Å². The Morgan fingerprint density at radius 2 is 1.95 bits per heavy atom. The summed E-state index contributed by atoms with van der Waals surface area (Å²) >= 11 is 0. The number of para-hydroxylation sites is 1. The lowest BCUT2D eigenvalue weighted by Gasteiger charge is -2.19. The van der Waals surface area contributed by atoms with Crippen molar-refractivity contribution in [3.05, 3.63) is 23.8 Å². The minimum atomic E-state index is -0.131. The summed E-state index contributed by atoms with van der Waals surface area (Å²) in [6, 6.07) is 5.61. The van der Waals surface area contributed by atoms with Crippen LogP contribution in [-0.2, 0) is 9.53 Å². The van der Waals surface area contributed by atoms with Crippen molar-refractivity contribution in [1.29, 1.82) is 0 Å². The number of hydrogen-bond donors (Lipinski definition) is 2. The normalized spacial score (nSPS) is 30.3. The number of carbonyl (C=O) groups excluding carboxylic acids is 1. The molecule has 3 N–H and O–H groups in total. The average Bonchev–Trinajstić information content (AvgIpc) is 2.58. The minimum absolute atomic E-state index is 0.00894. The molecule has 0 bridgehead atoms. The van der Waals surface area contributed by atoms with Crippen LogP contribution in [0.4, 0.5) is 11.4 Å². The number of benzene rings is 1. The predicted octanol–water partition coefficient (Wildman–Crippen LogP) is 2.58. The van der Waals surface area contributed by atoms with Crippen molar-refractivity contribution >= 4 is 17.3 Å². The lowest BCUT2D eigenvalue weighted by atomic mass is 9.88. The molecular weight excluding hydrogens is 240 g/mol. The lowest BCUT2D eigenvalue weighted by Crippen LogP contribution is -2.32. The monoisotopic (exact) mass is 262 g/mol. The van der Waals surface area contributed by atoms with Gasteiger partial charge in [-0.3, -0.25) is 4.79 Å². The highest BCUT2D eigenvalue weighted by atomic mass is 16.5. The molecule has 1 heterocycles. The second kappa shape index (κ2) is 5.21. The summed E-state index contributed by atoms with van der Waals surface area (Å²) < 4.78 is 5.71. The summed E-state index contributed by atoms with van der Waals surface area (Å²) in [4.78, 5) is 12.4. The molecule has 1 fully saturated rings. The van der Waals surface area contributed by atoms with E-state index in [2.05, 4.69) is 12.2 Å². The number of aryl methyl sites for hydroxylation is 1. The Hall–Kier alpha value is -1.55. The molecule has 104 valence electrons. The molecule has 0 aliphatic carbocycles. The Morgan fingerprint density at radius 1 is 1.26 bits per heavy atom. The van der Waals surface area contributed by atoms with Crippen LogP contribution in [0.3, 0.4) is 0 Å². The van der Waals surface area contributed by atoms with E-state index in [0.717, 1.165) is 5.56 Å². The van der Waals surface area contributed by atoms with Crippen LogP contribution in [0.1, 0.15) is 26.3 Å². The Labute approximate surface area is 114 Å². The molecule has 0 aromatic heterocycles. The number of ether oxygens (including phenoxy) is 1. The van der Waals surface area contributed by atoms with Crippen LogP contribution in [0, 0.1) is 18.8 Å². The third kappa shape index (κ3) is 2.59. The van der Waals surface area contributed by atoms with Gasteiger partial charge in [-0.15, -0.1) is 0 Å². The number of nitrogen functional groups attached to an aromatic ring is 1. The van der Waals surface area contributed by atoms with Gasteiger partial charge in [0.25, 0.3) is 0 Å². The molecule has 4 atom stereocenters. The Bertz CT molecular complexity index is 467. The third-order valence-electron chi connectivity index (χ3n) is 4.10. The highest BCUT2D eigenvalue weighted by Crippen LogP contribution is 2.34. The third-order valence-corrected chi connectivity index (χ3v) is 4.10. The van der Waals surface area contributed by atoms with E-state index in [1.54, 1.807) is 6.07 Å². The van der Waals surface area contributed by atoms with E-state index in [1.807, 2.05) is 32.9 Å². The molecule has 1 aromatic carbocycles. The number of rotatable bonds is 2. The molecular formula is C15H22N2O2. The Balaban J connectivity index is 2.18. The van der Waals surface area contributed by atoms with Gasteiger partial charge in [0.1, 0.15) is 0 Å². The zero-order valence-electron chi connectivity index (χ0n) is 11.9. The zero-order valence-corrected chi connectivity index (χ0v) is 11.9. The maximum Gasteiger partial charge on any atom is 0.230 e. The lowest BCUT2D eigenvalue weighted by molar-refractivity contribution is -0.121. The van der Waals surface area contributed by atoms with Crippen LogP contribution in [0.25, 0.3) is 0 Å². The minimum Gasteiger partial charge on any atom is -0.397 e. The van der Waals surface area contributed by atoms with Crippen LogP contribution in [-0.4, -0.2) is 18.1 Å². The van der Waals surface area contributed by atoms with Crippen molar-refractivity contribution in [2.75, 3.05) is 11.1 Å². The predicted molar refractivity (Wildman–Crippen MR) is 76.9 cm³/mol. The Kier molecular flexibility index (Phi) is 3.80. The van der Waals surface area contributed by atoms with E-state index in [0.29, 0.717) is 11.4 Å². The van der Waals surface area contributed by atoms with Gasteiger partial charge in [0.15, 0.2) is 0 Å². The van der Waals surface area contributed by atoms with Crippen LogP contribution in [0.15, 0.2) is 18.2 Å². The summed E-state index contributed by atoms with van der Waals surface area (Å²) in [5.41, 5.74) is 8.20. The van der Waals surface area contributed by atoms with E-state index in [9.17, 15) is 4.79 Å². The molecule has 1 amide bonds. The molecule has 0 saturated carbocycles. The molecule has 0 spiro atoms. The second-order valence-corrected chi connectivity index (χ2v) is 5.46. The summed E-state index contributed by atoms with van der Waals surface area (Å²) in [6.07, 6.45) is 0.0511. The van der Waals surface area contributed by atoms with Gasteiger partial charge in [0.05, 0.1) is 29.5 Å². The fourth-order valence-electron chi connectivity index (χ4n) is 2.79. The van der Waals surface area contributed by atoms with Crippen molar-refractivity contribution < 1.29 is 9.53 Å². The van der Waals surface area contributed by atoms with E-state index in [4.69, 9.17) is 10.5 Å². The van der Waals surface area contributed by atoms with E-state index < -0.39 is 0 Å². The topological polar surface area (TPSA) is 64.3 Å². The highest BCUT2D eigenvalue weighted by molar-refractivity contribution is 5.96. The number of nitrogens with one attached hydrogen (secondary N) is 1. The van der Waals surface area contributed by atoms with Gasteiger partial charge < -0.3 is 15.8 Å². The summed E-state index contributed by atoms with van der Waals surface area (Å²) in [5.74, 6) is 0.0691. The maximum absolute atomic E-state index is 12.4. The molecule has 4 heteroatoms. The molecule has 2 rings (SSSR count). The number of carbonyl (C=O) groups is 1. The number of amides is 1. The summed E-state index contributed by atoms with van der Waals surface area (Å²) in [6.45, 7) is 7.95.